The molecule has 1 aromatic carbocycles. The van der Waals surface area contributed by atoms with Gasteiger partial charge < -0.3 is 20.5 Å². The fourth-order valence-corrected chi connectivity index (χ4v) is 3.05. The van der Waals surface area contributed by atoms with Crippen molar-refractivity contribution in [3.8, 4) is 5.75 Å². The Morgan fingerprint density at radius 1 is 1.30 bits per heavy atom. The first-order valence-corrected chi connectivity index (χ1v) is 8.51. The van der Waals surface area contributed by atoms with Gasteiger partial charge in [0, 0.05) is 18.4 Å². The van der Waals surface area contributed by atoms with E-state index in [-0.39, 0.29) is 37.6 Å². The van der Waals surface area contributed by atoms with E-state index in [1.54, 1.807) is 0 Å². The van der Waals surface area contributed by atoms with Crippen molar-refractivity contribution >= 4 is 18.3 Å². The SMILES string of the molecule is CCOC1CC(N)(C(=O)NCCOc2ccc(C(F)(F)F)cc2)C1(C)C.Cl. The van der Waals surface area contributed by atoms with E-state index in [1.165, 1.54) is 12.1 Å². The fourth-order valence-electron chi connectivity index (χ4n) is 3.05. The summed E-state index contributed by atoms with van der Waals surface area (Å²) in [5, 5.41) is 2.72. The lowest BCUT2D eigenvalue weighted by molar-refractivity contribution is -0.170. The molecule has 1 aliphatic rings. The summed E-state index contributed by atoms with van der Waals surface area (Å²) in [6.45, 7) is 6.58. The normalized spacial score (nSPS) is 23.7. The molecule has 9 heteroatoms. The predicted octanol–water partition coefficient (Wildman–Crippen LogP) is 3.15. The molecule has 2 atom stereocenters. The van der Waals surface area contributed by atoms with Crippen LogP contribution in [0.25, 0.3) is 0 Å². The second-order valence-corrected chi connectivity index (χ2v) is 6.97. The third-order valence-electron chi connectivity index (χ3n) is 5.07. The number of nitrogens with two attached hydrogens (primary N) is 1. The summed E-state index contributed by atoms with van der Waals surface area (Å²) in [6.07, 6.45) is -4.00. The van der Waals surface area contributed by atoms with Crippen molar-refractivity contribution in [3.63, 3.8) is 0 Å². The second-order valence-electron chi connectivity index (χ2n) is 6.97. The summed E-state index contributed by atoms with van der Waals surface area (Å²) in [4.78, 5) is 12.4. The van der Waals surface area contributed by atoms with Crippen molar-refractivity contribution < 1.29 is 27.4 Å². The van der Waals surface area contributed by atoms with E-state index in [0.717, 1.165) is 12.1 Å². The van der Waals surface area contributed by atoms with Gasteiger partial charge in [-0.05, 0) is 31.2 Å². The zero-order chi connectivity index (χ0) is 19.6. The van der Waals surface area contributed by atoms with Crippen LogP contribution in [0.3, 0.4) is 0 Å². The number of ether oxygens (including phenoxy) is 2. The van der Waals surface area contributed by atoms with Crippen molar-refractivity contribution in [1.29, 1.82) is 0 Å². The Labute approximate surface area is 163 Å². The van der Waals surface area contributed by atoms with Crippen LogP contribution in [0.5, 0.6) is 5.75 Å². The van der Waals surface area contributed by atoms with Crippen LogP contribution < -0.4 is 15.8 Å². The Hall–Kier alpha value is -1.51. The Bertz CT molecular complexity index is 638. The van der Waals surface area contributed by atoms with E-state index in [9.17, 15) is 18.0 Å². The third-order valence-corrected chi connectivity index (χ3v) is 5.07. The van der Waals surface area contributed by atoms with E-state index in [4.69, 9.17) is 15.2 Å². The van der Waals surface area contributed by atoms with Crippen LogP contribution in [0.4, 0.5) is 13.2 Å². The highest BCUT2D eigenvalue weighted by atomic mass is 35.5. The maximum atomic E-state index is 12.5. The number of carbonyl (C=O) groups excluding carboxylic acids is 1. The smallest absolute Gasteiger partial charge is 0.416 e. The van der Waals surface area contributed by atoms with Crippen molar-refractivity contribution in [1.82, 2.24) is 5.32 Å². The third kappa shape index (κ3) is 4.86. The number of rotatable bonds is 7. The van der Waals surface area contributed by atoms with Gasteiger partial charge in [0.05, 0.1) is 18.2 Å². The van der Waals surface area contributed by atoms with Crippen LogP contribution in [-0.4, -0.2) is 37.3 Å². The Morgan fingerprint density at radius 2 is 1.89 bits per heavy atom. The van der Waals surface area contributed by atoms with E-state index >= 15 is 0 Å². The minimum absolute atomic E-state index is 0. The summed E-state index contributed by atoms with van der Waals surface area (Å²) in [7, 11) is 0. The molecule has 1 aliphatic carbocycles. The van der Waals surface area contributed by atoms with E-state index in [2.05, 4.69) is 5.32 Å². The van der Waals surface area contributed by atoms with Gasteiger partial charge in [0.2, 0.25) is 5.91 Å². The number of halogens is 4. The summed E-state index contributed by atoms with van der Waals surface area (Å²) in [6, 6.07) is 4.40. The number of benzene rings is 1. The highest BCUT2D eigenvalue weighted by Gasteiger charge is 2.62. The van der Waals surface area contributed by atoms with Gasteiger partial charge in [-0.15, -0.1) is 12.4 Å². The Morgan fingerprint density at radius 3 is 2.37 bits per heavy atom. The van der Waals surface area contributed by atoms with Crippen LogP contribution >= 0.6 is 12.4 Å². The van der Waals surface area contributed by atoms with Gasteiger partial charge in [-0.3, -0.25) is 4.79 Å². The molecule has 1 amide bonds. The van der Waals surface area contributed by atoms with Gasteiger partial charge in [0.15, 0.2) is 0 Å². The van der Waals surface area contributed by atoms with Gasteiger partial charge in [-0.1, -0.05) is 13.8 Å². The van der Waals surface area contributed by atoms with Crippen LogP contribution in [0.1, 0.15) is 32.8 Å². The predicted molar refractivity (Wildman–Crippen MR) is 97.9 cm³/mol. The zero-order valence-electron chi connectivity index (χ0n) is 15.6. The number of alkyl halides is 3. The molecule has 27 heavy (non-hydrogen) atoms. The minimum atomic E-state index is -4.38. The lowest BCUT2D eigenvalue weighted by Gasteiger charge is -2.57. The van der Waals surface area contributed by atoms with E-state index in [0.29, 0.717) is 18.8 Å². The second kappa shape index (κ2) is 8.67. The van der Waals surface area contributed by atoms with Crippen molar-refractivity contribution in [2.75, 3.05) is 19.8 Å². The first-order chi connectivity index (χ1) is 12.0. The lowest BCUT2D eigenvalue weighted by atomic mass is 9.54. The molecule has 1 aromatic rings. The molecule has 0 heterocycles. The first kappa shape index (κ1) is 23.5. The van der Waals surface area contributed by atoms with Crippen LogP contribution in [0.15, 0.2) is 24.3 Å². The first-order valence-electron chi connectivity index (χ1n) is 8.51. The number of nitrogens with one attached hydrogen (secondary N) is 1. The Kier molecular flexibility index (Phi) is 7.55. The molecule has 1 fully saturated rings. The molecule has 3 N–H and O–H groups in total. The number of hydrogen-bond donors (Lipinski definition) is 2. The van der Waals surface area contributed by atoms with Gasteiger partial charge in [0.1, 0.15) is 17.9 Å². The summed E-state index contributed by atoms with van der Waals surface area (Å²) in [5.41, 5.74) is 4.02. The maximum absolute atomic E-state index is 12.5. The molecule has 1 saturated carbocycles. The van der Waals surface area contributed by atoms with Crippen LogP contribution in [-0.2, 0) is 15.7 Å². The molecule has 0 aliphatic heterocycles. The topological polar surface area (TPSA) is 73.6 Å². The average molecular weight is 411 g/mol. The van der Waals surface area contributed by atoms with Gasteiger partial charge >= 0.3 is 6.18 Å². The van der Waals surface area contributed by atoms with Crippen molar-refractivity contribution in [3.05, 3.63) is 29.8 Å². The molecule has 2 rings (SSSR count). The van der Waals surface area contributed by atoms with E-state index in [1.807, 2.05) is 20.8 Å². The van der Waals surface area contributed by atoms with Gasteiger partial charge in [0.25, 0.3) is 0 Å². The number of carbonyl (C=O) groups is 1. The minimum Gasteiger partial charge on any atom is -0.492 e. The monoisotopic (exact) mass is 410 g/mol. The average Bonchev–Trinajstić information content (AvgIpc) is 2.57. The van der Waals surface area contributed by atoms with E-state index < -0.39 is 22.7 Å². The molecule has 0 spiro atoms. The molecular formula is C18H26ClF3N2O3. The largest absolute Gasteiger partial charge is 0.492 e. The fraction of sp³-hybridized carbons (Fsp3) is 0.611. The number of hydrogen-bond acceptors (Lipinski definition) is 4. The van der Waals surface area contributed by atoms with Gasteiger partial charge in [-0.2, -0.15) is 13.2 Å². The highest BCUT2D eigenvalue weighted by Crippen LogP contribution is 2.49. The standard InChI is InChI=1S/C18H25F3N2O3.ClH/c1-4-25-14-11-17(22,16(14,2)3)15(24)23-9-10-26-13-7-5-12(6-8-13)18(19,20)21;/h5-8,14H,4,9-11,22H2,1-3H3,(H,23,24);1H. The van der Waals surface area contributed by atoms with Crippen molar-refractivity contribution in [2.45, 2.75) is 45.0 Å². The molecule has 0 aromatic heterocycles. The molecule has 5 nitrogen and oxygen atoms in total. The zero-order valence-corrected chi connectivity index (χ0v) is 16.4. The summed E-state index contributed by atoms with van der Waals surface area (Å²) >= 11 is 0. The molecule has 0 saturated heterocycles. The van der Waals surface area contributed by atoms with Crippen molar-refractivity contribution in [2.24, 2.45) is 11.1 Å². The summed E-state index contributed by atoms with van der Waals surface area (Å²) in [5.74, 6) is 0.0181. The quantitative estimate of drug-likeness (QED) is 0.677. The van der Waals surface area contributed by atoms with Gasteiger partial charge in [-0.25, -0.2) is 0 Å². The Balaban J connectivity index is 0.00000364. The lowest BCUT2D eigenvalue weighted by Crippen LogP contribution is -2.75. The number of amides is 1. The molecule has 154 valence electrons. The van der Waals surface area contributed by atoms with Crippen LogP contribution in [0, 0.1) is 5.41 Å². The van der Waals surface area contributed by atoms with Crippen LogP contribution in [0.2, 0.25) is 0 Å². The highest BCUT2D eigenvalue weighted by molar-refractivity contribution is 5.88. The molecule has 0 radical (unpaired) electrons. The molecule has 0 bridgehead atoms. The maximum Gasteiger partial charge on any atom is 0.416 e. The molecular weight excluding hydrogens is 385 g/mol. The summed E-state index contributed by atoms with van der Waals surface area (Å²) < 4.78 is 48.4. The molecule has 2 unspecified atom stereocenters.